The van der Waals surface area contributed by atoms with Crippen molar-refractivity contribution in [3.05, 3.63) is 60.7 Å². The normalized spacial score (nSPS) is 10.5. The Balaban J connectivity index is 2.17. The first-order chi connectivity index (χ1) is 14.3. The number of rotatable bonds is 9. The van der Waals surface area contributed by atoms with Gasteiger partial charge in [0.2, 0.25) is 5.66 Å². The fourth-order valence-electron chi connectivity index (χ4n) is 2.47. The van der Waals surface area contributed by atoms with Crippen LogP contribution in [0.15, 0.2) is 60.7 Å². The van der Waals surface area contributed by atoms with Crippen LogP contribution in [-0.4, -0.2) is 40.0 Å². The quantitative estimate of drug-likeness (QED) is 0.455. The summed E-state index contributed by atoms with van der Waals surface area (Å²) < 4.78 is 10.1. The fraction of sp³-hybridized carbons (Fsp3) is 0.200. The Morgan fingerprint density at radius 1 is 0.767 bits per heavy atom. The van der Waals surface area contributed by atoms with E-state index in [1.165, 1.54) is 24.3 Å². The van der Waals surface area contributed by atoms with Gasteiger partial charge in [0.25, 0.3) is 0 Å². The first kappa shape index (κ1) is 22.2. The number of benzene rings is 2. The van der Waals surface area contributed by atoms with Crippen molar-refractivity contribution in [3.8, 4) is 11.5 Å². The summed E-state index contributed by atoms with van der Waals surface area (Å²) in [6.45, 7) is 0. The number of para-hydroxylation sites is 2. The third-order valence-electron chi connectivity index (χ3n) is 3.85. The summed E-state index contributed by atoms with van der Waals surface area (Å²) in [5.41, 5.74) is -2.35. The van der Waals surface area contributed by atoms with Gasteiger partial charge in [-0.3, -0.25) is 15.4 Å². The first-order valence-corrected chi connectivity index (χ1v) is 8.86. The first-order valence-electron chi connectivity index (χ1n) is 8.86. The molecule has 0 aliphatic carbocycles. The minimum atomic E-state index is -2.35. The molecule has 0 saturated carbocycles. The monoisotopic (exact) mass is 416 g/mol. The molecule has 4 N–H and O–H groups in total. The van der Waals surface area contributed by atoms with Gasteiger partial charge < -0.3 is 19.7 Å². The van der Waals surface area contributed by atoms with Gasteiger partial charge in [-0.2, -0.15) is 0 Å². The van der Waals surface area contributed by atoms with Crippen molar-refractivity contribution in [1.29, 1.82) is 0 Å². The molecule has 0 heterocycles. The maximum absolute atomic E-state index is 12.3. The standard InChI is InChI=1S/C20H20N2O8/c23-16(24)12-7-13-20(17(25)26,21-18(27)29-14-8-3-1-4-9-14)22-19(28)30-15-10-5-2-6-11-15/h1-6,8-11H,7,12-13H2,(H,21,27)(H,22,28)(H,23,24)(H,25,26). The second-order valence-corrected chi connectivity index (χ2v) is 6.11. The Labute approximate surface area is 171 Å². The maximum atomic E-state index is 12.3. The molecular weight excluding hydrogens is 396 g/mol. The Hall–Kier alpha value is -4.08. The van der Waals surface area contributed by atoms with Crippen LogP contribution in [0.3, 0.4) is 0 Å². The predicted molar refractivity (Wildman–Crippen MR) is 103 cm³/mol. The van der Waals surface area contributed by atoms with E-state index in [0.717, 1.165) is 0 Å². The number of hydrogen-bond donors (Lipinski definition) is 4. The van der Waals surface area contributed by atoms with Crippen LogP contribution in [-0.2, 0) is 9.59 Å². The van der Waals surface area contributed by atoms with Crippen LogP contribution in [0.2, 0.25) is 0 Å². The van der Waals surface area contributed by atoms with Crippen molar-refractivity contribution in [2.45, 2.75) is 24.9 Å². The van der Waals surface area contributed by atoms with Crippen LogP contribution in [0, 0.1) is 0 Å². The molecule has 0 spiro atoms. The van der Waals surface area contributed by atoms with E-state index in [9.17, 15) is 24.3 Å². The molecule has 10 nitrogen and oxygen atoms in total. The molecule has 0 bridgehead atoms. The number of carbonyl (C=O) groups excluding carboxylic acids is 2. The predicted octanol–water partition coefficient (Wildman–Crippen LogP) is 2.60. The van der Waals surface area contributed by atoms with Crippen LogP contribution < -0.4 is 20.1 Å². The molecule has 2 rings (SSSR count). The molecule has 0 unspecified atom stereocenters. The number of ether oxygens (including phenoxy) is 2. The summed E-state index contributed by atoms with van der Waals surface area (Å²) in [7, 11) is 0. The number of aliphatic carboxylic acids is 2. The second kappa shape index (κ2) is 10.5. The molecule has 2 amide bonds. The van der Waals surface area contributed by atoms with Gasteiger partial charge in [-0.05, 0) is 30.7 Å². The van der Waals surface area contributed by atoms with Gasteiger partial charge in [0.1, 0.15) is 11.5 Å². The lowest BCUT2D eigenvalue weighted by atomic mass is 10.0. The zero-order valence-electron chi connectivity index (χ0n) is 15.7. The molecule has 2 aromatic rings. The van der Waals surface area contributed by atoms with E-state index in [0.29, 0.717) is 0 Å². The van der Waals surface area contributed by atoms with Gasteiger partial charge in [0, 0.05) is 12.8 Å². The van der Waals surface area contributed by atoms with Gasteiger partial charge in [-0.25, -0.2) is 14.4 Å². The number of nitrogens with one attached hydrogen (secondary N) is 2. The highest BCUT2D eigenvalue weighted by molar-refractivity contribution is 5.88. The van der Waals surface area contributed by atoms with Gasteiger partial charge >= 0.3 is 24.1 Å². The highest BCUT2D eigenvalue weighted by Gasteiger charge is 2.43. The van der Waals surface area contributed by atoms with E-state index in [1.54, 1.807) is 36.4 Å². The molecule has 0 fully saturated rings. The van der Waals surface area contributed by atoms with Crippen molar-refractivity contribution in [2.24, 2.45) is 0 Å². The van der Waals surface area contributed by atoms with Crippen molar-refractivity contribution < 1.29 is 38.9 Å². The Morgan fingerprint density at radius 3 is 1.57 bits per heavy atom. The lowest BCUT2D eigenvalue weighted by Gasteiger charge is -2.30. The summed E-state index contributed by atoms with van der Waals surface area (Å²) in [6.07, 6.45) is -3.26. The molecule has 0 radical (unpaired) electrons. The smallest absolute Gasteiger partial charge is 0.414 e. The van der Waals surface area contributed by atoms with Gasteiger partial charge in [-0.15, -0.1) is 0 Å². The summed E-state index contributed by atoms with van der Waals surface area (Å²) in [6, 6.07) is 15.7. The van der Waals surface area contributed by atoms with Crippen molar-refractivity contribution in [2.75, 3.05) is 0 Å². The topological polar surface area (TPSA) is 151 Å². The lowest BCUT2D eigenvalue weighted by molar-refractivity contribution is -0.147. The van der Waals surface area contributed by atoms with E-state index < -0.39 is 36.2 Å². The zero-order valence-corrected chi connectivity index (χ0v) is 15.7. The van der Waals surface area contributed by atoms with E-state index in [-0.39, 0.29) is 24.3 Å². The molecule has 10 heteroatoms. The average Bonchev–Trinajstić information content (AvgIpc) is 2.68. The van der Waals surface area contributed by atoms with Gasteiger partial charge in [0.05, 0.1) is 0 Å². The van der Waals surface area contributed by atoms with Crippen LogP contribution >= 0.6 is 0 Å². The fourth-order valence-corrected chi connectivity index (χ4v) is 2.47. The molecule has 0 saturated heterocycles. The number of carboxylic acids is 2. The molecule has 30 heavy (non-hydrogen) atoms. The largest absolute Gasteiger partial charge is 0.481 e. The molecule has 0 atom stereocenters. The zero-order chi connectivity index (χ0) is 22.0. The molecule has 158 valence electrons. The number of carbonyl (C=O) groups is 4. The summed E-state index contributed by atoms with van der Waals surface area (Å²) in [5.74, 6) is -2.49. The molecule has 2 aromatic carbocycles. The van der Waals surface area contributed by atoms with Gasteiger partial charge in [0.15, 0.2) is 0 Å². The minimum Gasteiger partial charge on any atom is -0.481 e. The van der Waals surface area contributed by atoms with Crippen LogP contribution in [0.25, 0.3) is 0 Å². The van der Waals surface area contributed by atoms with Gasteiger partial charge in [-0.1, -0.05) is 36.4 Å². The molecule has 0 aromatic heterocycles. The highest BCUT2D eigenvalue weighted by Crippen LogP contribution is 2.16. The summed E-state index contributed by atoms with van der Waals surface area (Å²) >= 11 is 0. The third kappa shape index (κ3) is 6.82. The lowest BCUT2D eigenvalue weighted by Crippen LogP contribution is -2.66. The molecular formula is C20H20N2O8. The van der Waals surface area contributed by atoms with E-state index in [4.69, 9.17) is 14.6 Å². The highest BCUT2D eigenvalue weighted by atomic mass is 16.6. The number of hydrogen-bond acceptors (Lipinski definition) is 6. The SMILES string of the molecule is O=C(O)CCCC(NC(=O)Oc1ccccc1)(NC(=O)Oc1ccccc1)C(=O)O. The van der Waals surface area contributed by atoms with Crippen LogP contribution in [0.5, 0.6) is 11.5 Å². The number of carboxylic acid groups (broad SMARTS) is 2. The van der Waals surface area contributed by atoms with Crippen molar-refractivity contribution in [1.82, 2.24) is 10.6 Å². The van der Waals surface area contributed by atoms with Crippen molar-refractivity contribution in [3.63, 3.8) is 0 Å². The van der Waals surface area contributed by atoms with E-state index >= 15 is 0 Å². The third-order valence-corrected chi connectivity index (χ3v) is 3.85. The van der Waals surface area contributed by atoms with E-state index in [1.807, 2.05) is 0 Å². The second-order valence-electron chi connectivity index (χ2n) is 6.11. The summed E-state index contributed by atoms with van der Waals surface area (Å²) in [4.78, 5) is 47.3. The Morgan fingerprint density at radius 2 is 1.20 bits per heavy atom. The Bertz CT molecular complexity index is 831. The summed E-state index contributed by atoms with van der Waals surface area (Å²) in [5, 5.41) is 22.8. The average molecular weight is 416 g/mol. The molecule has 0 aliphatic rings. The van der Waals surface area contributed by atoms with Crippen LogP contribution in [0.4, 0.5) is 9.59 Å². The maximum Gasteiger partial charge on any atom is 0.414 e. The Kier molecular flexibility index (Phi) is 7.74. The van der Waals surface area contributed by atoms with Crippen LogP contribution in [0.1, 0.15) is 19.3 Å². The molecule has 0 aliphatic heterocycles. The number of amides is 2. The minimum absolute atomic E-state index is 0.145. The van der Waals surface area contributed by atoms with E-state index in [2.05, 4.69) is 10.6 Å². The van der Waals surface area contributed by atoms with Crippen molar-refractivity contribution >= 4 is 24.1 Å².